The molecule has 0 aromatic heterocycles. The molecule has 0 saturated heterocycles. The molecule has 0 bridgehead atoms. The molecule has 0 amide bonds. The summed E-state index contributed by atoms with van der Waals surface area (Å²) in [6.07, 6.45) is -0.00694. The molecule has 1 atom stereocenters. The third-order valence-electron chi connectivity index (χ3n) is 2.62. The second kappa shape index (κ2) is 11.0. The van der Waals surface area contributed by atoms with E-state index < -0.39 is 0 Å². The Morgan fingerprint density at radius 3 is 2.38 bits per heavy atom. The Kier molecular flexibility index (Phi) is 10.6. The number of para-hydroxylation sites is 1. The maximum atomic E-state index is 6.06. The number of guanidine groups is 1. The number of rotatable bonds is 6. The number of aliphatic imine (C=N–C) groups is 1. The van der Waals surface area contributed by atoms with Crippen LogP contribution in [-0.4, -0.2) is 32.2 Å². The fraction of sp³-hybridized carbons (Fsp3) is 0.533. The highest BCUT2D eigenvalue weighted by atomic mass is 127. The highest BCUT2D eigenvalue weighted by Gasteiger charge is 2.08. The second-order valence-corrected chi connectivity index (χ2v) is 5.49. The zero-order valence-electron chi connectivity index (χ0n) is 13.0. The minimum absolute atomic E-state index is 0. The smallest absolute Gasteiger partial charge is 0.191 e. The Hall–Kier alpha value is -0.690. The van der Waals surface area contributed by atoms with Crippen molar-refractivity contribution in [2.75, 3.05) is 20.1 Å². The molecule has 0 spiro atoms. The first kappa shape index (κ1) is 20.3. The summed E-state index contributed by atoms with van der Waals surface area (Å²) < 4.78 is 5.79. The predicted octanol–water partition coefficient (Wildman–Crippen LogP) is 3.55. The van der Waals surface area contributed by atoms with Crippen LogP contribution in [0.5, 0.6) is 5.75 Å². The van der Waals surface area contributed by atoms with Crippen molar-refractivity contribution in [3.05, 3.63) is 29.3 Å². The summed E-state index contributed by atoms with van der Waals surface area (Å²) in [7, 11) is 1.76. The molecule has 4 nitrogen and oxygen atoms in total. The van der Waals surface area contributed by atoms with Gasteiger partial charge in [-0.25, -0.2) is 0 Å². The van der Waals surface area contributed by atoms with Crippen molar-refractivity contribution in [1.29, 1.82) is 0 Å². The van der Waals surface area contributed by atoms with E-state index in [0.717, 1.165) is 12.5 Å². The van der Waals surface area contributed by atoms with Crippen molar-refractivity contribution in [1.82, 2.24) is 10.6 Å². The predicted molar refractivity (Wildman–Crippen MR) is 101 cm³/mol. The van der Waals surface area contributed by atoms with Crippen LogP contribution in [0.3, 0.4) is 0 Å². The number of nitrogens with zero attached hydrogens (tertiary/aromatic N) is 1. The van der Waals surface area contributed by atoms with Crippen LogP contribution < -0.4 is 15.4 Å². The van der Waals surface area contributed by atoms with Crippen molar-refractivity contribution < 1.29 is 4.74 Å². The van der Waals surface area contributed by atoms with Crippen molar-refractivity contribution in [2.45, 2.75) is 26.9 Å². The summed E-state index contributed by atoms with van der Waals surface area (Å²) in [6.45, 7) is 7.85. The Morgan fingerprint density at radius 1 is 1.19 bits per heavy atom. The molecule has 0 aliphatic heterocycles. The fourth-order valence-corrected chi connectivity index (χ4v) is 1.74. The monoisotopic (exact) mass is 425 g/mol. The van der Waals surface area contributed by atoms with Crippen LogP contribution in [0.2, 0.25) is 5.02 Å². The molecule has 1 aromatic rings. The van der Waals surface area contributed by atoms with E-state index in [-0.39, 0.29) is 30.1 Å². The number of halogens is 2. The molecule has 1 rings (SSSR count). The summed E-state index contributed by atoms with van der Waals surface area (Å²) in [5.41, 5.74) is 0. The van der Waals surface area contributed by atoms with Crippen molar-refractivity contribution in [3.63, 3.8) is 0 Å². The molecule has 1 aromatic carbocycles. The van der Waals surface area contributed by atoms with Gasteiger partial charge in [-0.1, -0.05) is 37.6 Å². The van der Waals surface area contributed by atoms with Gasteiger partial charge in [-0.3, -0.25) is 4.99 Å². The first-order valence-corrected chi connectivity index (χ1v) is 7.26. The maximum absolute atomic E-state index is 6.06. The van der Waals surface area contributed by atoms with Gasteiger partial charge in [0.15, 0.2) is 5.96 Å². The van der Waals surface area contributed by atoms with Crippen molar-refractivity contribution in [3.8, 4) is 5.75 Å². The van der Waals surface area contributed by atoms with Gasteiger partial charge in [0.2, 0.25) is 0 Å². The number of benzene rings is 1. The highest BCUT2D eigenvalue weighted by molar-refractivity contribution is 14.0. The highest BCUT2D eigenvalue weighted by Crippen LogP contribution is 2.23. The number of hydrogen-bond donors (Lipinski definition) is 2. The van der Waals surface area contributed by atoms with Gasteiger partial charge in [0.1, 0.15) is 11.9 Å². The minimum Gasteiger partial charge on any atom is -0.487 e. The van der Waals surface area contributed by atoms with Crippen LogP contribution >= 0.6 is 35.6 Å². The standard InChI is InChI=1S/C15H24ClN3O.HI/c1-11(2)9-18-15(17-4)19-10-12(3)20-14-8-6-5-7-13(14)16;/h5-8,11-12H,9-10H2,1-4H3,(H2,17,18,19);1H. The molecule has 1 unspecified atom stereocenters. The Balaban J connectivity index is 0.00000400. The average Bonchev–Trinajstić information content (AvgIpc) is 2.41. The lowest BCUT2D eigenvalue weighted by Gasteiger charge is -2.18. The van der Waals surface area contributed by atoms with E-state index >= 15 is 0 Å². The van der Waals surface area contributed by atoms with E-state index in [9.17, 15) is 0 Å². The Morgan fingerprint density at radius 2 is 1.81 bits per heavy atom. The SMILES string of the molecule is CN=C(NCC(C)C)NCC(C)Oc1ccccc1Cl.I. The van der Waals surface area contributed by atoms with Crippen LogP contribution in [-0.2, 0) is 0 Å². The van der Waals surface area contributed by atoms with Crippen LogP contribution in [0.1, 0.15) is 20.8 Å². The third kappa shape index (κ3) is 8.36. The molecule has 0 aliphatic rings. The zero-order chi connectivity index (χ0) is 15.0. The zero-order valence-corrected chi connectivity index (χ0v) is 16.1. The first-order chi connectivity index (χ1) is 9.52. The van der Waals surface area contributed by atoms with Crippen LogP contribution in [0.25, 0.3) is 0 Å². The van der Waals surface area contributed by atoms with Gasteiger partial charge >= 0.3 is 0 Å². The maximum Gasteiger partial charge on any atom is 0.191 e. The van der Waals surface area contributed by atoms with E-state index in [0.29, 0.717) is 23.2 Å². The molecule has 0 aliphatic carbocycles. The molecule has 21 heavy (non-hydrogen) atoms. The summed E-state index contributed by atoms with van der Waals surface area (Å²) in [4.78, 5) is 4.17. The molecule has 120 valence electrons. The molecule has 2 N–H and O–H groups in total. The molecule has 0 fully saturated rings. The lowest BCUT2D eigenvalue weighted by Crippen LogP contribution is -2.42. The second-order valence-electron chi connectivity index (χ2n) is 5.09. The number of ether oxygens (including phenoxy) is 1. The van der Waals surface area contributed by atoms with E-state index in [1.807, 2.05) is 31.2 Å². The van der Waals surface area contributed by atoms with Crippen LogP contribution in [0.15, 0.2) is 29.3 Å². The van der Waals surface area contributed by atoms with Gasteiger partial charge in [-0.2, -0.15) is 0 Å². The van der Waals surface area contributed by atoms with E-state index in [1.165, 1.54) is 0 Å². The van der Waals surface area contributed by atoms with Crippen molar-refractivity contribution in [2.24, 2.45) is 10.9 Å². The summed E-state index contributed by atoms with van der Waals surface area (Å²) in [5.74, 6) is 2.06. The van der Waals surface area contributed by atoms with Gasteiger partial charge < -0.3 is 15.4 Å². The number of hydrogen-bond acceptors (Lipinski definition) is 2. The van der Waals surface area contributed by atoms with E-state index in [2.05, 4.69) is 29.5 Å². The lowest BCUT2D eigenvalue weighted by molar-refractivity contribution is 0.224. The van der Waals surface area contributed by atoms with Gasteiger partial charge in [-0.15, -0.1) is 24.0 Å². The summed E-state index contributed by atoms with van der Waals surface area (Å²) in [5, 5.41) is 7.12. The van der Waals surface area contributed by atoms with E-state index in [1.54, 1.807) is 7.05 Å². The topological polar surface area (TPSA) is 45.7 Å². The van der Waals surface area contributed by atoms with Crippen LogP contribution in [0.4, 0.5) is 0 Å². The van der Waals surface area contributed by atoms with E-state index in [4.69, 9.17) is 16.3 Å². The quantitative estimate of drug-likeness (QED) is 0.416. The van der Waals surface area contributed by atoms with Crippen LogP contribution in [0, 0.1) is 5.92 Å². The summed E-state index contributed by atoms with van der Waals surface area (Å²) in [6, 6.07) is 7.48. The minimum atomic E-state index is -0.00694. The third-order valence-corrected chi connectivity index (χ3v) is 2.94. The van der Waals surface area contributed by atoms with Gasteiger partial charge in [-0.05, 0) is 25.0 Å². The largest absolute Gasteiger partial charge is 0.487 e. The van der Waals surface area contributed by atoms with Gasteiger partial charge in [0.25, 0.3) is 0 Å². The first-order valence-electron chi connectivity index (χ1n) is 6.88. The molecule has 6 heteroatoms. The van der Waals surface area contributed by atoms with Gasteiger partial charge in [0, 0.05) is 13.6 Å². The lowest BCUT2D eigenvalue weighted by atomic mass is 10.2. The Bertz CT molecular complexity index is 441. The average molecular weight is 426 g/mol. The molecule has 0 saturated carbocycles. The Labute approximate surface area is 149 Å². The molecular weight excluding hydrogens is 401 g/mol. The number of nitrogens with one attached hydrogen (secondary N) is 2. The molecule has 0 radical (unpaired) electrons. The fourth-order valence-electron chi connectivity index (χ4n) is 1.56. The molecular formula is C15H25ClIN3O. The van der Waals surface area contributed by atoms with Crippen molar-refractivity contribution >= 4 is 41.5 Å². The normalized spacial score (nSPS) is 12.6. The summed E-state index contributed by atoms with van der Waals surface area (Å²) >= 11 is 6.06. The van der Waals surface area contributed by atoms with Gasteiger partial charge in [0.05, 0.1) is 11.6 Å². The molecule has 0 heterocycles.